The molecule has 1 saturated heterocycles. The fourth-order valence-electron chi connectivity index (χ4n) is 2.48. The molecule has 0 aliphatic carbocycles. The van der Waals surface area contributed by atoms with Gasteiger partial charge in [0.15, 0.2) is 5.82 Å². The third-order valence-corrected chi connectivity index (χ3v) is 3.85. The molecule has 1 aliphatic heterocycles. The number of benzene rings is 1. The standard InChI is InChI=1S/C16H20N2O2/c1-11(2)12-3-5-14(6-4-12)16-17-15(18-20-16)13-7-9-19-10-8-13/h3-6,11,13H,7-10H2,1-2H3. The lowest BCUT2D eigenvalue weighted by molar-refractivity contribution is 0.0830. The van der Waals surface area contributed by atoms with Crippen LogP contribution in [0.5, 0.6) is 0 Å². The summed E-state index contributed by atoms with van der Waals surface area (Å²) < 4.78 is 10.8. The van der Waals surface area contributed by atoms with Crippen LogP contribution in [-0.4, -0.2) is 23.4 Å². The van der Waals surface area contributed by atoms with E-state index in [4.69, 9.17) is 9.26 Å². The summed E-state index contributed by atoms with van der Waals surface area (Å²) in [7, 11) is 0. The van der Waals surface area contributed by atoms with Crippen molar-refractivity contribution in [2.75, 3.05) is 13.2 Å². The number of ether oxygens (including phenoxy) is 1. The van der Waals surface area contributed by atoms with Crippen molar-refractivity contribution < 1.29 is 9.26 Å². The predicted octanol–water partition coefficient (Wildman–Crippen LogP) is 3.75. The van der Waals surface area contributed by atoms with Crippen LogP contribution in [0.4, 0.5) is 0 Å². The lowest BCUT2D eigenvalue weighted by Gasteiger charge is -2.18. The number of rotatable bonds is 3. The van der Waals surface area contributed by atoms with Gasteiger partial charge in [0.25, 0.3) is 5.89 Å². The van der Waals surface area contributed by atoms with Crippen LogP contribution < -0.4 is 0 Å². The van der Waals surface area contributed by atoms with Crippen LogP contribution in [0.2, 0.25) is 0 Å². The first-order valence-electron chi connectivity index (χ1n) is 7.25. The van der Waals surface area contributed by atoms with Gasteiger partial charge in [0, 0.05) is 24.7 Å². The molecular formula is C16H20N2O2. The molecule has 0 amide bonds. The third-order valence-electron chi connectivity index (χ3n) is 3.85. The second kappa shape index (κ2) is 5.75. The zero-order chi connectivity index (χ0) is 13.9. The molecule has 0 atom stereocenters. The lowest BCUT2D eigenvalue weighted by Crippen LogP contribution is -2.15. The number of hydrogen-bond acceptors (Lipinski definition) is 4. The largest absolute Gasteiger partial charge is 0.381 e. The fourth-order valence-corrected chi connectivity index (χ4v) is 2.48. The molecule has 0 N–H and O–H groups in total. The molecule has 1 aliphatic rings. The summed E-state index contributed by atoms with van der Waals surface area (Å²) in [5.41, 5.74) is 2.30. The molecule has 0 radical (unpaired) electrons. The maximum atomic E-state index is 5.40. The van der Waals surface area contributed by atoms with E-state index in [1.165, 1.54) is 5.56 Å². The predicted molar refractivity (Wildman–Crippen MR) is 76.6 cm³/mol. The molecule has 106 valence electrons. The topological polar surface area (TPSA) is 48.2 Å². The van der Waals surface area contributed by atoms with Gasteiger partial charge in [-0.05, 0) is 36.5 Å². The smallest absolute Gasteiger partial charge is 0.257 e. The Hall–Kier alpha value is -1.68. The Balaban J connectivity index is 1.78. The molecule has 0 bridgehead atoms. The lowest BCUT2D eigenvalue weighted by atomic mass is 10.00. The highest BCUT2D eigenvalue weighted by Gasteiger charge is 2.21. The highest BCUT2D eigenvalue weighted by atomic mass is 16.5. The minimum Gasteiger partial charge on any atom is -0.381 e. The van der Waals surface area contributed by atoms with Crippen molar-refractivity contribution in [1.82, 2.24) is 10.1 Å². The summed E-state index contributed by atoms with van der Waals surface area (Å²) in [6, 6.07) is 8.35. The Morgan fingerprint density at radius 3 is 2.45 bits per heavy atom. The van der Waals surface area contributed by atoms with Crippen LogP contribution in [0, 0.1) is 0 Å². The highest BCUT2D eigenvalue weighted by molar-refractivity contribution is 5.53. The number of aromatic nitrogens is 2. The fraction of sp³-hybridized carbons (Fsp3) is 0.500. The highest BCUT2D eigenvalue weighted by Crippen LogP contribution is 2.27. The zero-order valence-electron chi connectivity index (χ0n) is 12.0. The van der Waals surface area contributed by atoms with Gasteiger partial charge in [-0.2, -0.15) is 4.98 Å². The molecule has 2 heterocycles. The van der Waals surface area contributed by atoms with Crippen LogP contribution in [-0.2, 0) is 4.74 Å². The summed E-state index contributed by atoms with van der Waals surface area (Å²) in [5.74, 6) is 2.33. The van der Waals surface area contributed by atoms with Crippen molar-refractivity contribution in [3.05, 3.63) is 35.7 Å². The second-order valence-electron chi connectivity index (χ2n) is 5.62. The Bertz CT molecular complexity index is 554. The van der Waals surface area contributed by atoms with Crippen LogP contribution in [0.15, 0.2) is 28.8 Å². The first-order valence-corrected chi connectivity index (χ1v) is 7.25. The normalized spacial score (nSPS) is 16.8. The van der Waals surface area contributed by atoms with E-state index in [1.54, 1.807) is 0 Å². The van der Waals surface area contributed by atoms with Crippen molar-refractivity contribution in [2.45, 2.75) is 38.5 Å². The van der Waals surface area contributed by atoms with Crippen LogP contribution in [0.3, 0.4) is 0 Å². The molecule has 2 aromatic rings. The summed E-state index contributed by atoms with van der Waals surface area (Å²) >= 11 is 0. The van der Waals surface area contributed by atoms with Crippen LogP contribution in [0.1, 0.15) is 49.9 Å². The van der Waals surface area contributed by atoms with E-state index in [9.17, 15) is 0 Å². The average molecular weight is 272 g/mol. The first-order chi connectivity index (χ1) is 9.74. The maximum Gasteiger partial charge on any atom is 0.257 e. The molecule has 4 nitrogen and oxygen atoms in total. The monoisotopic (exact) mass is 272 g/mol. The van der Waals surface area contributed by atoms with Gasteiger partial charge in [0.2, 0.25) is 0 Å². The molecule has 20 heavy (non-hydrogen) atoms. The Labute approximate surface area is 119 Å². The quantitative estimate of drug-likeness (QED) is 0.853. The average Bonchev–Trinajstić information content (AvgIpc) is 2.98. The van der Waals surface area contributed by atoms with Gasteiger partial charge in [0.1, 0.15) is 0 Å². The minimum atomic E-state index is 0.371. The Kier molecular flexibility index (Phi) is 3.83. The van der Waals surface area contributed by atoms with E-state index in [2.05, 4.69) is 48.3 Å². The van der Waals surface area contributed by atoms with Gasteiger partial charge in [-0.3, -0.25) is 0 Å². The summed E-state index contributed by atoms with van der Waals surface area (Å²) in [6.45, 7) is 5.95. The van der Waals surface area contributed by atoms with E-state index >= 15 is 0 Å². The van der Waals surface area contributed by atoms with Crippen LogP contribution in [0.25, 0.3) is 11.5 Å². The molecule has 1 fully saturated rings. The molecule has 0 saturated carbocycles. The zero-order valence-corrected chi connectivity index (χ0v) is 12.0. The van der Waals surface area contributed by atoms with Gasteiger partial charge in [-0.25, -0.2) is 0 Å². The molecule has 1 aromatic heterocycles. The Morgan fingerprint density at radius 2 is 1.80 bits per heavy atom. The van der Waals surface area contributed by atoms with E-state index in [-0.39, 0.29) is 0 Å². The van der Waals surface area contributed by atoms with Crippen molar-refractivity contribution in [3.8, 4) is 11.5 Å². The summed E-state index contributed by atoms with van der Waals surface area (Å²) in [4.78, 5) is 4.55. The molecule has 1 aromatic carbocycles. The van der Waals surface area contributed by atoms with Crippen molar-refractivity contribution in [3.63, 3.8) is 0 Å². The first kappa shape index (κ1) is 13.3. The molecule has 0 unspecified atom stereocenters. The van der Waals surface area contributed by atoms with Gasteiger partial charge in [-0.1, -0.05) is 31.1 Å². The van der Waals surface area contributed by atoms with E-state index in [1.807, 2.05) is 0 Å². The van der Waals surface area contributed by atoms with Crippen LogP contribution >= 0.6 is 0 Å². The number of nitrogens with zero attached hydrogens (tertiary/aromatic N) is 2. The third kappa shape index (κ3) is 2.75. The van der Waals surface area contributed by atoms with Crippen molar-refractivity contribution in [1.29, 1.82) is 0 Å². The number of hydrogen-bond donors (Lipinski definition) is 0. The summed E-state index contributed by atoms with van der Waals surface area (Å²) in [5, 5.41) is 4.13. The summed E-state index contributed by atoms with van der Waals surface area (Å²) in [6.07, 6.45) is 1.95. The molecule has 3 rings (SSSR count). The van der Waals surface area contributed by atoms with Crippen molar-refractivity contribution >= 4 is 0 Å². The van der Waals surface area contributed by atoms with E-state index in [0.717, 1.165) is 37.4 Å². The Morgan fingerprint density at radius 1 is 1.10 bits per heavy atom. The van der Waals surface area contributed by atoms with Gasteiger partial charge < -0.3 is 9.26 Å². The van der Waals surface area contributed by atoms with Gasteiger partial charge in [0.05, 0.1) is 0 Å². The van der Waals surface area contributed by atoms with E-state index < -0.39 is 0 Å². The van der Waals surface area contributed by atoms with Gasteiger partial charge >= 0.3 is 0 Å². The van der Waals surface area contributed by atoms with E-state index in [0.29, 0.717) is 17.7 Å². The van der Waals surface area contributed by atoms with Gasteiger partial charge in [-0.15, -0.1) is 0 Å². The molecule has 4 heteroatoms. The maximum absolute atomic E-state index is 5.40. The SMILES string of the molecule is CC(C)c1ccc(-c2nc(C3CCOCC3)no2)cc1. The second-order valence-corrected chi connectivity index (χ2v) is 5.62. The molecule has 0 spiro atoms. The minimum absolute atomic E-state index is 0.371. The molecular weight excluding hydrogens is 252 g/mol. The van der Waals surface area contributed by atoms with Crippen molar-refractivity contribution in [2.24, 2.45) is 0 Å².